The van der Waals surface area contributed by atoms with E-state index >= 15 is 0 Å². The van der Waals surface area contributed by atoms with E-state index in [0.717, 1.165) is 17.7 Å². The molecule has 0 fully saturated rings. The molecule has 0 radical (unpaired) electrons. The first-order valence-corrected chi connectivity index (χ1v) is 7.17. The summed E-state index contributed by atoms with van der Waals surface area (Å²) in [4.78, 5) is 0. The van der Waals surface area contributed by atoms with Gasteiger partial charge in [0, 0.05) is 18.9 Å². The van der Waals surface area contributed by atoms with Gasteiger partial charge >= 0.3 is 0 Å². The Morgan fingerprint density at radius 2 is 1.62 bits per heavy atom. The molecule has 1 aliphatic rings. The Kier molecular flexibility index (Phi) is 4.22. The second-order valence-electron chi connectivity index (χ2n) is 5.18. The smallest absolute Gasteiger partial charge is 0.244 e. The van der Waals surface area contributed by atoms with Crippen molar-refractivity contribution in [3.63, 3.8) is 0 Å². The van der Waals surface area contributed by atoms with Crippen LogP contribution < -0.4 is 5.73 Å². The molecule has 0 spiro atoms. The van der Waals surface area contributed by atoms with Gasteiger partial charge < -0.3 is 15.2 Å². The van der Waals surface area contributed by atoms with Crippen molar-refractivity contribution < 1.29 is 9.47 Å². The van der Waals surface area contributed by atoms with E-state index in [-0.39, 0.29) is 12.3 Å². The zero-order valence-electron chi connectivity index (χ0n) is 11.8. The van der Waals surface area contributed by atoms with Crippen LogP contribution in [0.1, 0.15) is 23.6 Å². The van der Waals surface area contributed by atoms with Crippen molar-refractivity contribution in [3.8, 4) is 0 Å². The maximum absolute atomic E-state index is 6.20. The molecule has 0 aromatic heterocycles. The summed E-state index contributed by atoms with van der Waals surface area (Å²) in [5, 5.41) is 0. The molecule has 21 heavy (non-hydrogen) atoms. The van der Waals surface area contributed by atoms with Crippen LogP contribution in [0.25, 0.3) is 0 Å². The molecule has 2 aromatic carbocycles. The summed E-state index contributed by atoms with van der Waals surface area (Å²) in [5.41, 5.74) is 8.50. The summed E-state index contributed by atoms with van der Waals surface area (Å²) in [6.07, 6.45) is 2.83. The van der Waals surface area contributed by atoms with Gasteiger partial charge in [0.25, 0.3) is 0 Å². The highest BCUT2D eigenvalue weighted by Gasteiger charge is 2.21. The van der Waals surface area contributed by atoms with E-state index in [4.69, 9.17) is 15.2 Å². The van der Waals surface area contributed by atoms with Gasteiger partial charge in [0.15, 0.2) is 0 Å². The summed E-state index contributed by atoms with van der Waals surface area (Å²) in [6, 6.07) is 20.1. The first-order valence-electron chi connectivity index (χ1n) is 7.17. The summed E-state index contributed by atoms with van der Waals surface area (Å²) in [7, 11) is 0. The van der Waals surface area contributed by atoms with E-state index in [1.807, 2.05) is 48.5 Å². The Balaban J connectivity index is 1.53. The van der Waals surface area contributed by atoms with Crippen molar-refractivity contribution in [1.82, 2.24) is 0 Å². The Labute approximate surface area is 125 Å². The van der Waals surface area contributed by atoms with Gasteiger partial charge in [0.1, 0.15) is 12.0 Å². The highest BCUT2D eigenvalue weighted by Crippen LogP contribution is 2.25. The molecule has 0 saturated carbocycles. The molecule has 1 aliphatic heterocycles. The van der Waals surface area contributed by atoms with Crippen LogP contribution in [0, 0.1) is 0 Å². The Bertz CT molecular complexity index is 595. The van der Waals surface area contributed by atoms with Crippen molar-refractivity contribution in [2.24, 2.45) is 5.73 Å². The number of benzene rings is 2. The van der Waals surface area contributed by atoms with Crippen molar-refractivity contribution >= 4 is 0 Å². The minimum atomic E-state index is -0.245. The average molecular weight is 281 g/mol. The largest absolute Gasteiger partial charge is 0.459 e. The SMILES string of the molecule is NC(CC1=COC(Cc2ccccc2)O1)c1ccccc1. The molecule has 1 heterocycles. The summed E-state index contributed by atoms with van der Waals surface area (Å²) in [5.74, 6) is 0.812. The molecule has 2 N–H and O–H groups in total. The maximum Gasteiger partial charge on any atom is 0.244 e. The van der Waals surface area contributed by atoms with E-state index < -0.39 is 0 Å². The van der Waals surface area contributed by atoms with E-state index in [2.05, 4.69) is 12.1 Å². The van der Waals surface area contributed by atoms with Gasteiger partial charge in [-0.2, -0.15) is 0 Å². The zero-order valence-corrected chi connectivity index (χ0v) is 11.8. The summed E-state index contributed by atoms with van der Waals surface area (Å²) in [6.45, 7) is 0. The van der Waals surface area contributed by atoms with E-state index in [1.54, 1.807) is 6.26 Å². The van der Waals surface area contributed by atoms with Crippen LogP contribution >= 0.6 is 0 Å². The fraction of sp³-hybridized carbons (Fsp3) is 0.222. The molecule has 0 saturated heterocycles. The Morgan fingerprint density at radius 1 is 0.952 bits per heavy atom. The lowest BCUT2D eigenvalue weighted by Gasteiger charge is -2.14. The highest BCUT2D eigenvalue weighted by atomic mass is 16.7. The lowest BCUT2D eigenvalue weighted by molar-refractivity contribution is -0.0320. The van der Waals surface area contributed by atoms with Crippen molar-refractivity contribution in [2.45, 2.75) is 25.2 Å². The second-order valence-corrected chi connectivity index (χ2v) is 5.18. The van der Waals surface area contributed by atoms with Gasteiger partial charge in [0.2, 0.25) is 6.29 Å². The molecule has 0 amide bonds. The number of rotatable bonds is 5. The minimum Gasteiger partial charge on any atom is -0.459 e. The molecule has 0 bridgehead atoms. The third kappa shape index (κ3) is 3.64. The van der Waals surface area contributed by atoms with Gasteiger partial charge in [-0.1, -0.05) is 60.7 Å². The predicted molar refractivity (Wildman–Crippen MR) is 82.2 cm³/mol. The van der Waals surface area contributed by atoms with Gasteiger partial charge in [-0.3, -0.25) is 0 Å². The Hall–Kier alpha value is -2.26. The van der Waals surface area contributed by atoms with Crippen molar-refractivity contribution in [3.05, 3.63) is 83.8 Å². The molecule has 2 atom stereocenters. The fourth-order valence-electron chi connectivity index (χ4n) is 2.40. The molecule has 108 valence electrons. The number of hydrogen-bond acceptors (Lipinski definition) is 3. The molecule has 0 aliphatic carbocycles. The summed E-state index contributed by atoms with van der Waals surface area (Å²) >= 11 is 0. The Morgan fingerprint density at radius 3 is 2.33 bits per heavy atom. The molecule has 3 rings (SSSR count). The number of nitrogens with two attached hydrogens (primary N) is 1. The van der Waals surface area contributed by atoms with Crippen LogP contribution in [0.15, 0.2) is 72.7 Å². The van der Waals surface area contributed by atoms with Crippen LogP contribution in [0.5, 0.6) is 0 Å². The highest BCUT2D eigenvalue weighted by molar-refractivity contribution is 5.20. The molecule has 3 nitrogen and oxygen atoms in total. The lowest BCUT2D eigenvalue weighted by atomic mass is 10.0. The quantitative estimate of drug-likeness (QED) is 0.911. The van der Waals surface area contributed by atoms with E-state index in [1.165, 1.54) is 5.56 Å². The summed E-state index contributed by atoms with van der Waals surface area (Å²) < 4.78 is 11.4. The van der Waals surface area contributed by atoms with Crippen LogP contribution in [0.4, 0.5) is 0 Å². The maximum atomic E-state index is 6.20. The topological polar surface area (TPSA) is 44.5 Å². The standard InChI is InChI=1S/C18H19NO2/c19-17(15-9-5-2-6-10-15)12-16-13-20-18(21-16)11-14-7-3-1-4-8-14/h1-10,13,17-18H,11-12,19H2. The number of ether oxygens (including phenoxy) is 2. The van der Waals surface area contributed by atoms with Crippen molar-refractivity contribution in [1.29, 1.82) is 0 Å². The van der Waals surface area contributed by atoms with Crippen molar-refractivity contribution in [2.75, 3.05) is 0 Å². The van der Waals surface area contributed by atoms with Gasteiger partial charge in [-0.15, -0.1) is 0 Å². The second kappa shape index (κ2) is 6.46. The predicted octanol–water partition coefficient (Wildman–Crippen LogP) is 3.53. The monoisotopic (exact) mass is 281 g/mol. The fourth-order valence-corrected chi connectivity index (χ4v) is 2.40. The molecule has 3 heteroatoms. The van der Waals surface area contributed by atoms with Crippen LogP contribution in [-0.4, -0.2) is 6.29 Å². The molecule has 2 unspecified atom stereocenters. The average Bonchev–Trinajstić information content (AvgIpc) is 2.96. The van der Waals surface area contributed by atoms with Gasteiger partial charge in [-0.25, -0.2) is 0 Å². The minimum absolute atomic E-state index is 0.0727. The van der Waals surface area contributed by atoms with E-state index in [0.29, 0.717) is 6.42 Å². The molecule has 2 aromatic rings. The van der Waals surface area contributed by atoms with Gasteiger partial charge in [0.05, 0.1) is 0 Å². The third-order valence-electron chi connectivity index (χ3n) is 3.53. The van der Waals surface area contributed by atoms with Crippen LogP contribution in [-0.2, 0) is 15.9 Å². The van der Waals surface area contributed by atoms with Crippen LogP contribution in [0.2, 0.25) is 0 Å². The van der Waals surface area contributed by atoms with Gasteiger partial charge in [-0.05, 0) is 11.1 Å². The first kappa shape index (κ1) is 13.7. The number of hydrogen-bond donors (Lipinski definition) is 1. The first-order chi connectivity index (χ1) is 10.3. The molecular weight excluding hydrogens is 262 g/mol. The molecular formula is C18H19NO2. The van der Waals surface area contributed by atoms with Crippen LogP contribution in [0.3, 0.4) is 0 Å². The van der Waals surface area contributed by atoms with E-state index in [9.17, 15) is 0 Å². The normalized spacial score (nSPS) is 18.5. The third-order valence-corrected chi connectivity index (χ3v) is 3.53. The zero-order chi connectivity index (χ0) is 14.5. The lowest BCUT2D eigenvalue weighted by Crippen LogP contribution is -2.15.